The third-order valence-corrected chi connectivity index (χ3v) is 8.40. The van der Waals surface area contributed by atoms with Crippen molar-refractivity contribution < 1.29 is 14.3 Å². The van der Waals surface area contributed by atoms with Crippen LogP contribution in [-0.2, 0) is 4.79 Å². The van der Waals surface area contributed by atoms with Gasteiger partial charge in [-0.15, -0.1) is 11.8 Å². The van der Waals surface area contributed by atoms with E-state index in [0.29, 0.717) is 0 Å². The molecule has 6 heteroatoms. The summed E-state index contributed by atoms with van der Waals surface area (Å²) >= 11 is 1.75. The average Bonchev–Trinajstić information content (AvgIpc) is 3.40. The SMILES string of the molecule is CCCCCCCCCCCCCCCCCCNC(=O)[C@@H]1CSC(c2ccc(OC)cc2OC)N1. The maximum atomic E-state index is 12.6. The van der Waals surface area contributed by atoms with Gasteiger partial charge in [0.1, 0.15) is 11.5 Å². The van der Waals surface area contributed by atoms with Crippen molar-refractivity contribution in [3.05, 3.63) is 23.8 Å². The Bertz CT molecular complexity index is 715. The van der Waals surface area contributed by atoms with Gasteiger partial charge < -0.3 is 14.8 Å². The molecule has 1 aromatic rings. The van der Waals surface area contributed by atoms with E-state index >= 15 is 0 Å². The Labute approximate surface area is 225 Å². The highest BCUT2D eigenvalue weighted by atomic mass is 32.2. The van der Waals surface area contributed by atoms with E-state index < -0.39 is 0 Å². The van der Waals surface area contributed by atoms with Crippen molar-refractivity contribution in [2.75, 3.05) is 26.5 Å². The fourth-order valence-corrected chi connectivity index (χ4v) is 6.11. The van der Waals surface area contributed by atoms with Crippen molar-refractivity contribution in [3.63, 3.8) is 0 Å². The number of thioether (sulfide) groups is 1. The Balaban J connectivity index is 1.43. The van der Waals surface area contributed by atoms with Gasteiger partial charge in [0.2, 0.25) is 5.91 Å². The van der Waals surface area contributed by atoms with Gasteiger partial charge in [-0.05, 0) is 18.6 Å². The molecule has 1 aromatic carbocycles. The standard InChI is InChI=1S/C30H52N2O3S/c1-4-5-6-7-8-9-10-11-12-13-14-15-16-17-18-19-22-31-29(33)27-24-36-30(32-27)26-21-20-25(34-2)23-28(26)35-3/h20-21,23,27,30,32H,4-19,22,24H2,1-3H3,(H,31,33)/t27-,30?/m0/s1. The van der Waals surface area contributed by atoms with Gasteiger partial charge in [0.05, 0.1) is 25.6 Å². The summed E-state index contributed by atoms with van der Waals surface area (Å²) in [5.74, 6) is 2.43. The van der Waals surface area contributed by atoms with Gasteiger partial charge in [-0.2, -0.15) is 0 Å². The van der Waals surface area contributed by atoms with Gasteiger partial charge in [0.15, 0.2) is 0 Å². The molecule has 2 N–H and O–H groups in total. The van der Waals surface area contributed by atoms with Gasteiger partial charge in [-0.25, -0.2) is 0 Å². The van der Waals surface area contributed by atoms with Crippen LogP contribution in [0.15, 0.2) is 18.2 Å². The van der Waals surface area contributed by atoms with Gasteiger partial charge in [-0.1, -0.05) is 103 Å². The maximum absolute atomic E-state index is 12.6. The lowest BCUT2D eigenvalue weighted by Crippen LogP contribution is -2.42. The van der Waals surface area contributed by atoms with Crippen LogP contribution in [0.25, 0.3) is 0 Å². The highest BCUT2D eigenvalue weighted by Crippen LogP contribution is 2.39. The highest BCUT2D eigenvalue weighted by Gasteiger charge is 2.31. The van der Waals surface area contributed by atoms with Crippen molar-refractivity contribution in [3.8, 4) is 11.5 Å². The quantitative estimate of drug-likeness (QED) is 0.162. The van der Waals surface area contributed by atoms with Crippen LogP contribution in [0.4, 0.5) is 0 Å². The van der Waals surface area contributed by atoms with Crippen LogP contribution in [0.1, 0.15) is 121 Å². The van der Waals surface area contributed by atoms with E-state index in [1.807, 2.05) is 18.2 Å². The van der Waals surface area contributed by atoms with Crippen LogP contribution >= 0.6 is 11.8 Å². The lowest BCUT2D eigenvalue weighted by Gasteiger charge is -2.17. The second-order valence-corrected chi connectivity index (χ2v) is 11.3. The smallest absolute Gasteiger partial charge is 0.238 e. The molecule has 1 aliphatic rings. The van der Waals surface area contributed by atoms with E-state index in [1.165, 1.54) is 96.3 Å². The van der Waals surface area contributed by atoms with Gasteiger partial charge >= 0.3 is 0 Å². The number of hydrogen-bond donors (Lipinski definition) is 2. The molecule has 0 radical (unpaired) electrons. The maximum Gasteiger partial charge on any atom is 0.238 e. The van der Waals surface area contributed by atoms with Crippen molar-refractivity contribution in [1.82, 2.24) is 10.6 Å². The fourth-order valence-electron chi connectivity index (χ4n) is 4.85. The predicted molar refractivity (Wildman–Crippen MR) is 154 cm³/mol. The molecule has 1 heterocycles. The van der Waals surface area contributed by atoms with Crippen LogP contribution in [0.2, 0.25) is 0 Å². The lowest BCUT2D eigenvalue weighted by atomic mass is 10.0. The number of ether oxygens (including phenoxy) is 2. The number of methoxy groups -OCH3 is 2. The van der Waals surface area contributed by atoms with Crippen molar-refractivity contribution in [2.45, 2.75) is 121 Å². The van der Waals surface area contributed by atoms with E-state index in [0.717, 1.165) is 35.8 Å². The molecule has 0 bridgehead atoms. The molecule has 0 aromatic heterocycles. The van der Waals surface area contributed by atoms with Gasteiger partial charge in [0, 0.05) is 23.9 Å². The Hall–Kier alpha value is -1.40. The monoisotopic (exact) mass is 520 g/mol. The summed E-state index contributed by atoms with van der Waals surface area (Å²) in [6.07, 6.45) is 21.8. The number of nitrogens with one attached hydrogen (secondary N) is 2. The molecule has 36 heavy (non-hydrogen) atoms. The summed E-state index contributed by atoms with van der Waals surface area (Å²) in [6.45, 7) is 3.06. The molecule has 1 saturated heterocycles. The Morgan fingerprint density at radius 3 is 1.94 bits per heavy atom. The number of carbonyl (C=O) groups excluding carboxylic acids is 1. The average molecular weight is 521 g/mol. The Kier molecular flexibility index (Phi) is 16.8. The molecule has 1 amide bonds. The van der Waals surface area contributed by atoms with E-state index in [4.69, 9.17) is 9.47 Å². The topological polar surface area (TPSA) is 59.6 Å². The minimum Gasteiger partial charge on any atom is -0.497 e. The van der Waals surface area contributed by atoms with Crippen molar-refractivity contribution in [1.29, 1.82) is 0 Å². The second kappa shape index (κ2) is 19.7. The number of unbranched alkanes of at least 4 members (excludes halogenated alkanes) is 15. The molecule has 1 unspecified atom stereocenters. The summed E-state index contributed by atoms with van der Waals surface area (Å²) in [5.41, 5.74) is 1.05. The summed E-state index contributed by atoms with van der Waals surface area (Å²) < 4.78 is 10.8. The minimum absolute atomic E-state index is 0.0529. The van der Waals surface area contributed by atoms with E-state index in [-0.39, 0.29) is 17.3 Å². The van der Waals surface area contributed by atoms with E-state index in [1.54, 1.807) is 26.0 Å². The number of hydrogen-bond acceptors (Lipinski definition) is 5. The molecule has 206 valence electrons. The second-order valence-electron chi connectivity index (χ2n) is 10.1. The fraction of sp³-hybridized carbons (Fsp3) is 0.767. The van der Waals surface area contributed by atoms with E-state index in [9.17, 15) is 4.79 Å². The largest absolute Gasteiger partial charge is 0.497 e. The van der Waals surface area contributed by atoms with Crippen LogP contribution in [0.5, 0.6) is 11.5 Å². The van der Waals surface area contributed by atoms with Gasteiger partial charge in [0.25, 0.3) is 0 Å². The molecule has 0 spiro atoms. The number of rotatable bonds is 21. The van der Waals surface area contributed by atoms with E-state index in [2.05, 4.69) is 17.6 Å². The summed E-state index contributed by atoms with van der Waals surface area (Å²) in [7, 11) is 3.32. The molecule has 2 atom stereocenters. The minimum atomic E-state index is -0.159. The third-order valence-electron chi connectivity index (χ3n) is 7.15. The zero-order chi connectivity index (χ0) is 25.8. The zero-order valence-electron chi connectivity index (χ0n) is 23.2. The summed E-state index contributed by atoms with van der Waals surface area (Å²) in [4.78, 5) is 12.6. The third kappa shape index (κ3) is 12.2. The first-order valence-electron chi connectivity index (χ1n) is 14.6. The molecule has 2 rings (SSSR count). The number of benzene rings is 1. The first-order valence-corrected chi connectivity index (χ1v) is 15.6. The first-order chi connectivity index (χ1) is 17.7. The summed E-state index contributed by atoms with van der Waals surface area (Å²) in [5, 5.41) is 6.64. The summed E-state index contributed by atoms with van der Waals surface area (Å²) in [6, 6.07) is 5.68. The number of amides is 1. The zero-order valence-corrected chi connectivity index (χ0v) is 24.1. The molecule has 0 aliphatic carbocycles. The first kappa shape index (κ1) is 30.8. The molecule has 1 fully saturated rings. The van der Waals surface area contributed by atoms with Crippen LogP contribution in [0, 0.1) is 0 Å². The highest BCUT2D eigenvalue weighted by molar-refractivity contribution is 7.99. The Morgan fingerprint density at radius 1 is 0.861 bits per heavy atom. The van der Waals surface area contributed by atoms with Crippen LogP contribution < -0.4 is 20.1 Å². The molecular formula is C30H52N2O3S. The van der Waals surface area contributed by atoms with Crippen LogP contribution in [0.3, 0.4) is 0 Å². The molecule has 5 nitrogen and oxygen atoms in total. The normalized spacial score (nSPS) is 17.3. The molecular weight excluding hydrogens is 468 g/mol. The van der Waals surface area contributed by atoms with Gasteiger partial charge in [-0.3, -0.25) is 10.1 Å². The molecule has 0 saturated carbocycles. The Morgan fingerprint density at radius 2 is 1.42 bits per heavy atom. The van der Waals surface area contributed by atoms with Crippen molar-refractivity contribution >= 4 is 17.7 Å². The van der Waals surface area contributed by atoms with Crippen LogP contribution in [-0.4, -0.2) is 38.5 Å². The molecule has 1 aliphatic heterocycles. The number of carbonyl (C=O) groups is 1. The van der Waals surface area contributed by atoms with Crippen molar-refractivity contribution in [2.24, 2.45) is 0 Å². The predicted octanol–water partition coefficient (Wildman–Crippen LogP) is 7.79. The lowest BCUT2D eigenvalue weighted by molar-refractivity contribution is -0.122.